The summed E-state index contributed by atoms with van der Waals surface area (Å²) in [5.74, 6) is -3.10. The second kappa shape index (κ2) is 16.1. The van der Waals surface area contributed by atoms with Crippen molar-refractivity contribution in [3.63, 3.8) is 0 Å². The number of ketones is 3. The molecule has 0 radical (unpaired) electrons. The van der Waals surface area contributed by atoms with Crippen molar-refractivity contribution in [2.75, 3.05) is 20.8 Å². The van der Waals surface area contributed by atoms with Gasteiger partial charge in [0, 0.05) is 23.7 Å². The van der Waals surface area contributed by atoms with Crippen LogP contribution < -0.4 is 0 Å². The lowest BCUT2D eigenvalue weighted by Gasteiger charge is -2.32. The van der Waals surface area contributed by atoms with E-state index in [1.54, 1.807) is 13.8 Å². The zero-order valence-corrected chi connectivity index (χ0v) is 25.5. The molecule has 2 aliphatic carbocycles. The van der Waals surface area contributed by atoms with Gasteiger partial charge in [-0.1, -0.05) is 45.4 Å². The number of carboxylic acid groups (broad SMARTS) is 1. The minimum Gasteiger partial charge on any atom is -0.507 e. The van der Waals surface area contributed by atoms with Gasteiger partial charge in [0.1, 0.15) is 17.4 Å². The Bertz CT molecular complexity index is 1230. The highest BCUT2D eigenvalue weighted by Crippen LogP contribution is 2.39. The highest BCUT2D eigenvalue weighted by molar-refractivity contribution is 6.27. The van der Waals surface area contributed by atoms with Gasteiger partial charge in [0.2, 0.25) is 28.9 Å². The van der Waals surface area contributed by atoms with Crippen molar-refractivity contribution in [1.29, 1.82) is 0 Å². The summed E-state index contributed by atoms with van der Waals surface area (Å²) in [5.41, 5.74) is 1.77. The number of methoxy groups -OCH3 is 2. The largest absolute Gasteiger partial charge is 0.507 e. The molecule has 0 saturated carbocycles. The highest BCUT2D eigenvalue weighted by atomic mass is 16.5. The van der Waals surface area contributed by atoms with Crippen molar-refractivity contribution in [2.45, 2.75) is 91.6 Å². The van der Waals surface area contributed by atoms with Crippen molar-refractivity contribution in [2.24, 2.45) is 5.92 Å². The van der Waals surface area contributed by atoms with Crippen LogP contribution in [-0.2, 0) is 33.4 Å². The highest BCUT2D eigenvalue weighted by Gasteiger charge is 2.40. The van der Waals surface area contributed by atoms with Crippen molar-refractivity contribution in [3.8, 4) is 0 Å². The van der Waals surface area contributed by atoms with Gasteiger partial charge < -0.3 is 29.5 Å². The van der Waals surface area contributed by atoms with Crippen LogP contribution in [0.2, 0.25) is 0 Å². The lowest BCUT2D eigenvalue weighted by molar-refractivity contribution is -0.134. The van der Waals surface area contributed by atoms with Gasteiger partial charge >= 0.3 is 5.97 Å². The first-order valence-electron chi connectivity index (χ1n) is 14.4. The van der Waals surface area contributed by atoms with E-state index in [1.165, 1.54) is 39.7 Å². The zero-order chi connectivity index (χ0) is 31.6. The Kier molecular flexibility index (Phi) is 13.2. The molecule has 3 aliphatic rings. The molecule has 1 heterocycles. The Hall–Kier alpha value is -3.66. The molecule has 0 spiro atoms. The molecule has 10 heteroatoms. The Morgan fingerprint density at radius 2 is 1.36 bits per heavy atom. The fraction of sp³-hybridized carbons (Fsp3) is 0.562. The number of carbonyl (C=O) groups excluding carboxylic acids is 3. The second-order valence-corrected chi connectivity index (χ2v) is 10.7. The summed E-state index contributed by atoms with van der Waals surface area (Å²) in [5, 5.41) is 27.6. The summed E-state index contributed by atoms with van der Waals surface area (Å²) in [6.45, 7) is 7.31. The van der Waals surface area contributed by atoms with Gasteiger partial charge in [-0.15, -0.1) is 0 Å². The summed E-state index contributed by atoms with van der Waals surface area (Å²) in [7, 11) is 2.76. The Balaban J connectivity index is 0.000000305. The lowest BCUT2D eigenvalue weighted by atomic mass is 9.78. The second-order valence-electron chi connectivity index (χ2n) is 10.7. The zero-order valence-electron chi connectivity index (χ0n) is 25.5. The van der Waals surface area contributed by atoms with Crippen LogP contribution in [0.3, 0.4) is 0 Å². The van der Waals surface area contributed by atoms with Crippen molar-refractivity contribution >= 4 is 23.3 Å². The summed E-state index contributed by atoms with van der Waals surface area (Å²) in [6.07, 6.45) is 10.3. The van der Waals surface area contributed by atoms with Crippen LogP contribution in [0.1, 0.15) is 85.5 Å². The molecule has 0 bridgehead atoms. The van der Waals surface area contributed by atoms with Gasteiger partial charge in [0.15, 0.2) is 0 Å². The number of fused-ring (bicyclic) bond motifs is 1. The molecule has 42 heavy (non-hydrogen) atoms. The number of aliphatic hydroxyl groups is 2. The number of allylic oxidation sites excluding steroid dienone is 4. The fourth-order valence-corrected chi connectivity index (χ4v) is 5.28. The molecule has 0 aromatic heterocycles. The predicted molar refractivity (Wildman–Crippen MR) is 155 cm³/mol. The number of carbonyl (C=O) groups is 4. The third kappa shape index (κ3) is 7.79. The maximum Gasteiger partial charge on any atom is 0.343 e. The number of ether oxygens (including phenoxy) is 3. The number of aliphatic carboxylic acids is 1. The first-order chi connectivity index (χ1) is 19.9. The van der Waals surface area contributed by atoms with Crippen molar-refractivity contribution in [3.05, 3.63) is 57.0 Å². The van der Waals surface area contributed by atoms with Crippen LogP contribution in [0.25, 0.3) is 0 Å². The normalized spacial score (nSPS) is 20.6. The summed E-state index contributed by atoms with van der Waals surface area (Å²) >= 11 is 0. The topological polar surface area (TPSA) is 157 Å². The number of hydrogen-bond donors (Lipinski definition) is 3. The average Bonchev–Trinajstić information content (AvgIpc) is 2.95. The molecule has 0 aromatic rings. The third-order valence-corrected chi connectivity index (χ3v) is 7.96. The number of carboxylic acids is 1. The molecule has 0 saturated heterocycles. The number of unbranched alkanes of at least 4 members (excludes halogenated alkanes) is 7. The summed E-state index contributed by atoms with van der Waals surface area (Å²) < 4.78 is 15.4. The molecular formula is C32H44O10. The lowest BCUT2D eigenvalue weighted by Crippen LogP contribution is -2.32. The van der Waals surface area contributed by atoms with Crippen molar-refractivity contribution in [1.82, 2.24) is 0 Å². The van der Waals surface area contributed by atoms with Gasteiger partial charge in [-0.2, -0.15) is 0 Å². The predicted octanol–water partition coefficient (Wildman–Crippen LogP) is 5.18. The maximum absolute atomic E-state index is 12.5. The van der Waals surface area contributed by atoms with E-state index in [9.17, 15) is 24.3 Å². The standard InChI is InChI=1S/C19H30O5.C13H14O5/c1-14-15(12-10-8-6-4-5-7-9-11-13-20)17(22)19(24-3)18(23-2)16(14)21;1-5-7(3)18-4-8-9(5)6(2)11(14)10(12(8)15)13(16)17/h20H,4-13H2,1-3H3;4-5,7,14H,1-3H3,(H,16,17)/t;5-,7-/m.1/s1. The molecule has 1 aliphatic heterocycles. The molecule has 0 aromatic carbocycles. The quantitative estimate of drug-likeness (QED) is 0.149. The van der Waals surface area contributed by atoms with Crippen LogP contribution in [0.4, 0.5) is 0 Å². The van der Waals surface area contributed by atoms with Gasteiger partial charge in [0.25, 0.3) is 0 Å². The third-order valence-electron chi connectivity index (χ3n) is 7.96. The smallest absolute Gasteiger partial charge is 0.343 e. The van der Waals surface area contributed by atoms with Crippen LogP contribution in [0.15, 0.2) is 57.0 Å². The van der Waals surface area contributed by atoms with Gasteiger partial charge in [-0.25, -0.2) is 4.79 Å². The number of hydrogen-bond acceptors (Lipinski definition) is 9. The number of aliphatic hydroxyl groups excluding tert-OH is 2. The first-order valence-corrected chi connectivity index (χ1v) is 14.4. The molecule has 2 atom stereocenters. The van der Waals surface area contributed by atoms with Gasteiger partial charge in [-0.05, 0) is 51.2 Å². The average molecular weight is 589 g/mol. The molecular weight excluding hydrogens is 544 g/mol. The van der Waals surface area contributed by atoms with E-state index in [2.05, 4.69) is 0 Å². The number of rotatable bonds is 13. The maximum atomic E-state index is 12.5. The van der Waals surface area contributed by atoms with E-state index in [1.807, 2.05) is 13.8 Å². The summed E-state index contributed by atoms with van der Waals surface area (Å²) in [4.78, 5) is 47.7. The van der Waals surface area contributed by atoms with Gasteiger partial charge in [0.05, 0.1) is 26.1 Å². The molecule has 0 unspecified atom stereocenters. The monoisotopic (exact) mass is 588 g/mol. The number of Topliss-reactive ketones (excluding diaryl/α,β-unsaturated/α-hetero) is 3. The van der Waals surface area contributed by atoms with Crippen LogP contribution in [0, 0.1) is 5.92 Å². The van der Waals surface area contributed by atoms with E-state index in [4.69, 9.17) is 24.4 Å². The van der Waals surface area contributed by atoms with Crippen LogP contribution >= 0.6 is 0 Å². The minimum atomic E-state index is -1.43. The Labute approximate surface area is 247 Å². The van der Waals surface area contributed by atoms with Crippen LogP contribution in [-0.4, -0.2) is 65.6 Å². The molecule has 3 rings (SSSR count). The van der Waals surface area contributed by atoms with Crippen LogP contribution in [0.5, 0.6) is 0 Å². The molecule has 0 amide bonds. The molecule has 3 N–H and O–H groups in total. The van der Waals surface area contributed by atoms with Crippen molar-refractivity contribution < 1.29 is 48.7 Å². The summed E-state index contributed by atoms with van der Waals surface area (Å²) in [6, 6.07) is 0. The Morgan fingerprint density at radius 1 is 0.833 bits per heavy atom. The van der Waals surface area contributed by atoms with E-state index < -0.39 is 23.1 Å². The Morgan fingerprint density at radius 3 is 1.88 bits per heavy atom. The minimum absolute atomic E-state index is 0.00614. The van der Waals surface area contributed by atoms with E-state index in [0.29, 0.717) is 28.7 Å². The molecule has 0 fully saturated rings. The SMILES string of the molecule is CC1=C2C(=CO[C@H](C)[C@H]2C)C(=O)C(C(=O)O)=C1O.COC1=C(OC)C(=O)C(CCCCCCCCCCO)=C(C)C1=O. The van der Waals surface area contributed by atoms with E-state index in [0.717, 1.165) is 32.1 Å². The first kappa shape index (κ1) is 34.5. The molecule has 232 valence electrons. The van der Waals surface area contributed by atoms with E-state index >= 15 is 0 Å². The fourth-order valence-electron chi connectivity index (χ4n) is 5.28. The van der Waals surface area contributed by atoms with E-state index in [-0.39, 0.29) is 47.3 Å². The molecule has 10 nitrogen and oxygen atoms in total. The van der Waals surface area contributed by atoms with Gasteiger partial charge in [-0.3, -0.25) is 14.4 Å².